The number of aliphatic carboxylic acids is 1. The number of ether oxygens (including phenoxy) is 1. The first-order chi connectivity index (χ1) is 8.79. The lowest BCUT2D eigenvalue weighted by atomic mass is 10.2. The lowest BCUT2D eigenvalue weighted by molar-refractivity contribution is -0.168. The van der Waals surface area contributed by atoms with E-state index >= 15 is 0 Å². The van der Waals surface area contributed by atoms with E-state index in [4.69, 9.17) is 31.3 Å². The third kappa shape index (κ3) is 11.2. The van der Waals surface area contributed by atoms with Gasteiger partial charge in [0.25, 0.3) is 0 Å². The van der Waals surface area contributed by atoms with E-state index in [0.29, 0.717) is 0 Å². The summed E-state index contributed by atoms with van der Waals surface area (Å²) in [5.74, 6) is -3.96. The minimum Gasteiger partial charge on any atom is -0.481 e. The van der Waals surface area contributed by atoms with Crippen molar-refractivity contribution in [3.8, 4) is 0 Å². The maximum absolute atomic E-state index is 10.9. The predicted octanol–water partition coefficient (Wildman–Crippen LogP) is -3.82. The highest BCUT2D eigenvalue weighted by molar-refractivity contribution is 5.91. The van der Waals surface area contributed by atoms with Gasteiger partial charge in [-0.25, -0.2) is 9.59 Å². The highest BCUT2D eigenvalue weighted by Gasteiger charge is 2.24. The molecule has 0 aliphatic heterocycles. The molecule has 19 heavy (non-hydrogen) atoms. The van der Waals surface area contributed by atoms with Gasteiger partial charge in [0, 0.05) is 0 Å². The van der Waals surface area contributed by atoms with E-state index in [9.17, 15) is 14.4 Å². The number of carboxylic acid groups (broad SMARTS) is 1. The van der Waals surface area contributed by atoms with Crippen LogP contribution < -0.4 is 5.73 Å². The molecule has 0 bridgehead atoms. The molecule has 2 unspecified atom stereocenters. The number of aliphatic hydroxyl groups excluding tert-OH is 4. The van der Waals surface area contributed by atoms with Gasteiger partial charge in [0.2, 0.25) is 0 Å². The number of aliphatic hydroxyl groups is 4. The van der Waals surface area contributed by atoms with E-state index in [1.54, 1.807) is 0 Å². The normalized spacial score (nSPS) is 12.7. The lowest BCUT2D eigenvalue weighted by Gasteiger charge is -2.09. The molecule has 0 aromatic carbocycles. The molecule has 0 saturated heterocycles. The highest BCUT2D eigenvalue weighted by Crippen LogP contribution is 1.95. The van der Waals surface area contributed by atoms with Crippen LogP contribution in [0.5, 0.6) is 0 Å². The second-order valence-electron chi connectivity index (χ2n) is 3.09. The molecular weight excluding hydrogens is 266 g/mol. The minimum absolute atomic E-state index is 0.125. The average Bonchev–Trinajstić information content (AvgIpc) is 2.36. The first kappa shape index (κ1) is 19.7. The van der Waals surface area contributed by atoms with E-state index in [1.807, 2.05) is 0 Å². The zero-order chi connectivity index (χ0) is 15.4. The molecule has 0 fully saturated rings. The number of carboxylic acids is 1. The van der Waals surface area contributed by atoms with Crippen LogP contribution in [-0.2, 0) is 19.1 Å². The van der Waals surface area contributed by atoms with Gasteiger partial charge < -0.3 is 36.0 Å². The fraction of sp³-hybridized carbons (Fsp3) is 0.667. The molecule has 0 aromatic rings. The summed E-state index contributed by atoms with van der Waals surface area (Å²) in [6.45, 7) is -1.15. The molecule has 0 aliphatic carbocycles. The van der Waals surface area contributed by atoms with Gasteiger partial charge in [-0.3, -0.25) is 4.79 Å². The molecule has 0 saturated carbocycles. The van der Waals surface area contributed by atoms with Crippen LogP contribution in [0.25, 0.3) is 0 Å². The second-order valence-corrected chi connectivity index (χ2v) is 3.09. The van der Waals surface area contributed by atoms with Gasteiger partial charge in [-0.2, -0.15) is 0 Å². The monoisotopic (exact) mass is 283 g/mol. The van der Waals surface area contributed by atoms with Crippen LogP contribution in [0.1, 0.15) is 6.42 Å². The van der Waals surface area contributed by atoms with Crippen LogP contribution in [0.15, 0.2) is 0 Å². The topological polar surface area (TPSA) is 188 Å². The molecule has 0 heterocycles. The second kappa shape index (κ2) is 11.5. The zero-order valence-corrected chi connectivity index (χ0v) is 9.93. The van der Waals surface area contributed by atoms with Gasteiger partial charge in [0.15, 0.2) is 6.10 Å². The fourth-order valence-corrected chi connectivity index (χ4v) is 0.589. The number of rotatable bonds is 6. The van der Waals surface area contributed by atoms with E-state index in [1.165, 1.54) is 0 Å². The molecule has 0 radical (unpaired) electrons. The van der Waals surface area contributed by atoms with Gasteiger partial charge in [0.1, 0.15) is 6.04 Å². The van der Waals surface area contributed by atoms with Crippen LogP contribution in [0.2, 0.25) is 0 Å². The SMILES string of the molecule is NC(CC(=O)O)C(=O)OC(=O)C(O)CO.OCCO. The molecular formula is C9H17NO9. The summed E-state index contributed by atoms with van der Waals surface area (Å²) in [7, 11) is 0. The third-order valence-corrected chi connectivity index (χ3v) is 1.44. The van der Waals surface area contributed by atoms with Gasteiger partial charge in [-0.05, 0) is 0 Å². The summed E-state index contributed by atoms with van der Waals surface area (Å²) in [5.41, 5.74) is 5.06. The van der Waals surface area contributed by atoms with Crippen molar-refractivity contribution in [1.29, 1.82) is 0 Å². The standard InChI is InChI=1S/C7H11NO7.C2H6O2/c8-3(1-5(11)12)6(13)15-7(14)4(10)2-9;3-1-2-4/h3-4,9-10H,1-2,8H2,(H,11,12);3-4H,1-2H2. The van der Waals surface area contributed by atoms with E-state index in [2.05, 4.69) is 4.74 Å². The Morgan fingerprint density at radius 1 is 1.05 bits per heavy atom. The van der Waals surface area contributed by atoms with Gasteiger partial charge in [-0.15, -0.1) is 0 Å². The summed E-state index contributed by atoms with van der Waals surface area (Å²) in [6, 6.07) is -1.49. The quantitative estimate of drug-likeness (QED) is 0.208. The van der Waals surface area contributed by atoms with Crippen molar-refractivity contribution in [2.24, 2.45) is 5.73 Å². The summed E-state index contributed by atoms with van der Waals surface area (Å²) < 4.78 is 3.99. The van der Waals surface area contributed by atoms with Crippen LogP contribution in [0.4, 0.5) is 0 Å². The summed E-state index contributed by atoms with van der Waals surface area (Å²) in [5, 5.41) is 40.5. The molecule has 2 atom stereocenters. The number of carbonyl (C=O) groups is 3. The molecule has 10 heteroatoms. The van der Waals surface area contributed by atoms with Gasteiger partial charge >= 0.3 is 17.9 Å². The van der Waals surface area contributed by atoms with Crippen LogP contribution in [-0.4, -0.2) is 75.4 Å². The van der Waals surface area contributed by atoms with Crippen molar-refractivity contribution in [2.75, 3.05) is 19.8 Å². The number of hydrogen-bond donors (Lipinski definition) is 6. The maximum atomic E-state index is 10.9. The van der Waals surface area contributed by atoms with Crippen molar-refractivity contribution in [2.45, 2.75) is 18.6 Å². The van der Waals surface area contributed by atoms with Gasteiger partial charge in [0.05, 0.1) is 26.2 Å². The average molecular weight is 283 g/mol. The number of hydrogen-bond acceptors (Lipinski definition) is 9. The summed E-state index contributed by atoms with van der Waals surface area (Å²) in [6.07, 6.45) is -2.53. The van der Waals surface area contributed by atoms with Gasteiger partial charge in [-0.1, -0.05) is 0 Å². The smallest absolute Gasteiger partial charge is 0.345 e. The van der Waals surface area contributed by atoms with E-state index in [0.717, 1.165) is 0 Å². The Hall–Kier alpha value is -1.59. The Balaban J connectivity index is 0. The molecule has 0 spiro atoms. The van der Waals surface area contributed by atoms with Crippen molar-refractivity contribution in [3.05, 3.63) is 0 Å². The van der Waals surface area contributed by atoms with E-state index in [-0.39, 0.29) is 13.2 Å². The minimum atomic E-state index is -1.84. The van der Waals surface area contributed by atoms with Crippen molar-refractivity contribution in [1.82, 2.24) is 0 Å². The Morgan fingerprint density at radius 2 is 1.53 bits per heavy atom. The van der Waals surface area contributed by atoms with Crippen molar-refractivity contribution in [3.63, 3.8) is 0 Å². The first-order valence-corrected chi connectivity index (χ1v) is 5.03. The van der Waals surface area contributed by atoms with Crippen LogP contribution in [0, 0.1) is 0 Å². The Kier molecular flexibility index (Phi) is 11.9. The Labute approximate surface area is 108 Å². The maximum Gasteiger partial charge on any atom is 0.345 e. The number of esters is 2. The van der Waals surface area contributed by atoms with Crippen molar-refractivity contribution >= 4 is 17.9 Å². The van der Waals surface area contributed by atoms with Crippen LogP contribution in [0.3, 0.4) is 0 Å². The zero-order valence-electron chi connectivity index (χ0n) is 9.93. The molecule has 0 amide bonds. The molecule has 0 rings (SSSR count). The fourth-order valence-electron chi connectivity index (χ4n) is 0.589. The first-order valence-electron chi connectivity index (χ1n) is 5.03. The largest absolute Gasteiger partial charge is 0.481 e. The molecule has 112 valence electrons. The number of carbonyl (C=O) groups excluding carboxylic acids is 2. The molecule has 7 N–H and O–H groups in total. The Bertz CT molecular complexity index is 291. The van der Waals surface area contributed by atoms with Crippen LogP contribution >= 0.6 is 0 Å². The predicted molar refractivity (Wildman–Crippen MR) is 58.6 cm³/mol. The third-order valence-electron chi connectivity index (χ3n) is 1.44. The molecule has 0 aliphatic rings. The highest BCUT2D eigenvalue weighted by atomic mass is 16.6. The Morgan fingerprint density at radius 3 is 1.84 bits per heavy atom. The van der Waals surface area contributed by atoms with E-state index < -0.39 is 43.1 Å². The lowest BCUT2D eigenvalue weighted by Crippen LogP contribution is -2.38. The summed E-state index contributed by atoms with van der Waals surface area (Å²) in [4.78, 5) is 31.7. The molecule has 0 aromatic heterocycles. The summed E-state index contributed by atoms with van der Waals surface area (Å²) >= 11 is 0. The molecule has 10 nitrogen and oxygen atoms in total. The number of nitrogens with two attached hydrogens (primary N) is 1. The van der Waals surface area contributed by atoms with Crippen molar-refractivity contribution < 1.29 is 44.7 Å².